The first-order valence-electron chi connectivity index (χ1n) is 20.9. The SMILES string of the molecule is Cc1ccccc1-c1ccc(N(c2ccc3c(c2)C(C)(C)c2ccccc2-3)c2cccc3c2oc2c(-c4nc(-c5ccccc5)nc(-c5ccccc5)n4)cccc23)cc1C. The fourth-order valence-electron chi connectivity index (χ4n) is 9.31. The van der Waals surface area contributed by atoms with Crippen LogP contribution in [0.15, 0.2) is 186 Å². The van der Waals surface area contributed by atoms with Gasteiger partial charge in [-0.05, 0) is 94.8 Å². The molecule has 292 valence electrons. The van der Waals surface area contributed by atoms with E-state index in [9.17, 15) is 0 Å². The summed E-state index contributed by atoms with van der Waals surface area (Å²) in [5.41, 5.74) is 17.2. The maximum Gasteiger partial charge on any atom is 0.167 e. The molecule has 8 aromatic carbocycles. The molecule has 0 spiro atoms. The molecule has 5 nitrogen and oxygen atoms in total. The molecule has 61 heavy (non-hydrogen) atoms. The predicted molar refractivity (Wildman–Crippen MR) is 251 cm³/mol. The first kappa shape index (κ1) is 36.4. The predicted octanol–water partition coefficient (Wildman–Crippen LogP) is 14.8. The van der Waals surface area contributed by atoms with Crippen LogP contribution in [0.4, 0.5) is 17.1 Å². The molecule has 0 amide bonds. The number of para-hydroxylation sites is 2. The van der Waals surface area contributed by atoms with E-state index in [1.54, 1.807) is 0 Å². The minimum absolute atomic E-state index is 0.166. The Kier molecular flexibility index (Phi) is 8.53. The van der Waals surface area contributed by atoms with Gasteiger partial charge in [0.05, 0.1) is 11.3 Å². The van der Waals surface area contributed by atoms with Gasteiger partial charge in [0.2, 0.25) is 0 Å². The Morgan fingerprint density at radius 1 is 0.410 bits per heavy atom. The van der Waals surface area contributed by atoms with Crippen molar-refractivity contribution in [1.82, 2.24) is 15.0 Å². The molecule has 0 saturated heterocycles. The summed E-state index contributed by atoms with van der Waals surface area (Å²) < 4.78 is 7.17. The molecule has 11 rings (SSSR count). The average Bonchev–Trinajstić information content (AvgIpc) is 3.80. The van der Waals surface area contributed by atoms with Crippen molar-refractivity contribution in [3.63, 3.8) is 0 Å². The fourth-order valence-corrected chi connectivity index (χ4v) is 9.31. The third-order valence-electron chi connectivity index (χ3n) is 12.4. The zero-order valence-corrected chi connectivity index (χ0v) is 34.5. The highest BCUT2D eigenvalue weighted by molar-refractivity contribution is 6.13. The van der Waals surface area contributed by atoms with Crippen molar-refractivity contribution >= 4 is 39.0 Å². The van der Waals surface area contributed by atoms with Gasteiger partial charge in [0, 0.05) is 38.7 Å². The lowest BCUT2D eigenvalue weighted by Gasteiger charge is -2.28. The molecule has 5 heteroatoms. The van der Waals surface area contributed by atoms with E-state index in [1.807, 2.05) is 60.7 Å². The van der Waals surface area contributed by atoms with Crippen LogP contribution in [0.25, 0.3) is 78.4 Å². The summed E-state index contributed by atoms with van der Waals surface area (Å²) in [7, 11) is 0. The molecule has 0 fully saturated rings. The van der Waals surface area contributed by atoms with Crippen molar-refractivity contribution in [2.45, 2.75) is 33.1 Å². The van der Waals surface area contributed by atoms with Crippen molar-refractivity contribution < 1.29 is 4.42 Å². The third-order valence-corrected chi connectivity index (χ3v) is 12.4. The minimum Gasteiger partial charge on any atom is -0.453 e. The van der Waals surface area contributed by atoms with E-state index in [4.69, 9.17) is 19.4 Å². The first-order chi connectivity index (χ1) is 29.8. The number of furan rings is 1. The lowest BCUT2D eigenvalue weighted by atomic mass is 9.82. The summed E-state index contributed by atoms with van der Waals surface area (Å²) in [6.07, 6.45) is 0. The van der Waals surface area contributed by atoms with Crippen molar-refractivity contribution in [2.24, 2.45) is 0 Å². The van der Waals surface area contributed by atoms with Crippen LogP contribution in [0.5, 0.6) is 0 Å². The number of nitrogens with zero attached hydrogens (tertiary/aromatic N) is 4. The van der Waals surface area contributed by atoms with Gasteiger partial charge in [0.15, 0.2) is 23.1 Å². The Balaban J connectivity index is 1.12. The van der Waals surface area contributed by atoms with E-state index in [0.717, 1.165) is 55.7 Å². The van der Waals surface area contributed by atoms with Gasteiger partial charge in [0.1, 0.15) is 5.58 Å². The van der Waals surface area contributed by atoms with Crippen molar-refractivity contribution in [3.8, 4) is 56.4 Å². The Morgan fingerprint density at radius 2 is 0.934 bits per heavy atom. The second kappa shape index (κ2) is 14.3. The topological polar surface area (TPSA) is 55.1 Å². The van der Waals surface area contributed by atoms with Gasteiger partial charge in [-0.25, -0.2) is 15.0 Å². The first-order valence-corrected chi connectivity index (χ1v) is 20.9. The van der Waals surface area contributed by atoms with Crippen LogP contribution in [0.1, 0.15) is 36.1 Å². The van der Waals surface area contributed by atoms with Gasteiger partial charge >= 0.3 is 0 Å². The molecular formula is C56H42N4O. The number of fused-ring (bicyclic) bond motifs is 6. The number of benzene rings is 8. The summed E-state index contributed by atoms with van der Waals surface area (Å²) in [6.45, 7) is 9.06. The van der Waals surface area contributed by atoms with Crippen molar-refractivity contribution in [2.75, 3.05) is 4.90 Å². The second-order valence-electron chi connectivity index (χ2n) is 16.5. The lowest BCUT2D eigenvalue weighted by Crippen LogP contribution is -2.16. The van der Waals surface area contributed by atoms with E-state index in [1.165, 1.54) is 44.5 Å². The summed E-state index contributed by atoms with van der Waals surface area (Å²) in [4.78, 5) is 17.5. The van der Waals surface area contributed by atoms with Crippen LogP contribution >= 0.6 is 0 Å². The van der Waals surface area contributed by atoms with E-state index in [0.29, 0.717) is 17.5 Å². The van der Waals surface area contributed by atoms with Crippen LogP contribution in [0.2, 0.25) is 0 Å². The highest BCUT2D eigenvalue weighted by atomic mass is 16.3. The highest BCUT2D eigenvalue weighted by Gasteiger charge is 2.36. The van der Waals surface area contributed by atoms with Crippen LogP contribution < -0.4 is 4.90 Å². The number of hydrogen-bond acceptors (Lipinski definition) is 5. The summed E-state index contributed by atoms with van der Waals surface area (Å²) in [6, 6.07) is 64.0. The Hall–Kier alpha value is -7.63. The largest absolute Gasteiger partial charge is 0.453 e. The van der Waals surface area contributed by atoms with Crippen LogP contribution in [-0.4, -0.2) is 15.0 Å². The Bertz CT molecular complexity index is 3250. The third kappa shape index (κ3) is 6.04. The molecule has 2 aromatic heterocycles. The van der Waals surface area contributed by atoms with E-state index < -0.39 is 0 Å². The Morgan fingerprint density at radius 3 is 1.62 bits per heavy atom. The number of hydrogen-bond donors (Lipinski definition) is 0. The van der Waals surface area contributed by atoms with Crippen LogP contribution in [0.3, 0.4) is 0 Å². The zero-order chi connectivity index (χ0) is 41.2. The van der Waals surface area contributed by atoms with Gasteiger partial charge in [-0.3, -0.25) is 0 Å². The molecular weight excluding hydrogens is 745 g/mol. The second-order valence-corrected chi connectivity index (χ2v) is 16.5. The number of anilines is 3. The Labute approximate surface area is 355 Å². The summed E-state index contributed by atoms with van der Waals surface area (Å²) in [5.74, 6) is 1.77. The molecule has 1 aliphatic carbocycles. The van der Waals surface area contributed by atoms with Crippen molar-refractivity contribution in [3.05, 3.63) is 204 Å². The smallest absolute Gasteiger partial charge is 0.167 e. The van der Waals surface area contributed by atoms with Gasteiger partial charge in [0.25, 0.3) is 0 Å². The van der Waals surface area contributed by atoms with Gasteiger partial charge in [-0.2, -0.15) is 0 Å². The number of aromatic nitrogens is 3. The lowest BCUT2D eigenvalue weighted by molar-refractivity contribution is 0.660. The molecule has 1 aliphatic rings. The van der Waals surface area contributed by atoms with E-state index in [-0.39, 0.29) is 5.41 Å². The molecule has 2 heterocycles. The van der Waals surface area contributed by atoms with E-state index in [2.05, 4.69) is 154 Å². The number of aryl methyl sites for hydroxylation is 2. The number of rotatable bonds is 7. The highest BCUT2D eigenvalue weighted by Crippen LogP contribution is 2.52. The molecule has 0 unspecified atom stereocenters. The maximum absolute atomic E-state index is 7.17. The molecule has 10 aromatic rings. The molecule has 0 N–H and O–H groups in total. The maximum atomic E-state index is 7.17. The minimum atomic E-state index is -0.166. The van der Waals surface area contributed by atoms with Gasteiger partial charge < -0.3 is 9.32 Å². The molecule has 0 bridgehead atoms. The molecule has 0 radical (unpaired) electrons. The van der Waals surface area contributed by atoms with Crippen molar-refractivity contribution in [1.29, 1.82) is 0 Å². The molecule has 0 atom stereocenters. The van der Waals surface area contributed by atoms with Gasteiger partial charge in [-0.15, -0.1) is 0 Å². The monoisotopic (exact) mass is 786 g/mol. The van der Waals surface area contributed by atoms with Gasteiger partial charge in [-0.1, -0.05) is 159 Å². The summed E-state index contributed by atoms with van der Waals surface area (Å²) in [5, 5.41) is 2.01. The summed E-state index contributed by atoms with van der Waals surface area (Å²) >= 11 is 0. The zero-order valence-electron chi connectivity index (χ0n) is 34.5. The van der Waals surface area contributed by atoms with Crippen LogP contribution in [-0.2, 0) is 5.41 Å². The van der Waals surface area contributed by atoms with E-state index >= 15 is 0 Å². The standard InChI is InChI=1S/C56H42N4O/c1-35-17-11-12-22-41(35)42-31-29-39(33-36(42)2)60(40-30-32-44-43-23-13-14-27-48(43)56(3,4)49(44)34-40)50-28-16-25-46-45-24-15-26-47(51(45)61-52(46)50)55-58-53(37-18-7-5-8-19-37)57-54(59-55)38-20-9-6-10-21-38/h5-34H,1-4H3. The van der Waals surface area contributed by atoms with Crippen LogP contribution in [0, 0.1) is 13.8 Å². The molecule has 0 saturated carbocycles. The normalized spacial score (nSPS) is 12.7. The fraction of sp³-hybridized carbons (Fsp3) is 0.0893. The molecule has 0 aliphatic heterocycles. The quantitative estimate of drug-likeness (QED) is 0.161. The average molecular weight is 787 g/mol.